The third kappa shape index (κ3) is 4.84. The van der Waals surface area contributed by atoms with E-state index in [2.05, 4.69) is 15.5 Å². The van der Waals surface area contributed by atoms with Crippen molar-refractivity contribution in [1.29, 1.82) is 0 Å². The molecule has 4 heterocycles. The molecule has 5 rings (SSSR count). The first kappa shape index (κ1) is 22.6. The molecule has 1 aromatic carbocycles. The molecule has 10 nitrogen and oxygen atoms in total. The molecule has 1 aromatic heterocycles. The number of hydrogen-bond acceptors (Lipinski definition) is 8. The van der Waals surface area contributed by atoms with Gasteiger partial charge in [-0.25, -0.2) is 0 Å². The van der Waals surface area contributed by atoms with Gasteiger partial charge >= 0.3 is 0 Å². The zero-order valence-corrected chi connectivity index (χ0v) is 19.6. The van der Waals surface area contributed by atoms with Gasteiger partial charge in [0.15, 0.2) is 11.5 Å². The van der Waals surface area contributed by atoms with Gasteiger partial charge in [-0.3, -0.25) is 14.4 Å². The number of rotatable bonds is 4. The predicted octanol–water partition coefficient (Wildman–Crippen LogP) is 2.77. The van der Waals surface area contributed by atoms with E-state index >= 15 is 0 Å². The number of piperidine rings is 1. The van der Waals surface area contributed by atoms with E-state index in [0.717, 1.165) is 37.3 Å². The van der Waals surface area contributed by atoms with E-state index in [0.29, 0.717) is 43.1 Å². The average molecular weight is 486 g/mol. The predicted molar refractivity (Wildman–Crippen MR) is 124 cm³/mol. The number of carbonyl (C=O) groups is 3. The number of nitrogens with one attached hydrogen (secondary N) is 1. The highest BCUT2D eigenvalue weighted by Crippen LogP contribution is 2.34. The first-order valence-corrected chi connectivity index (χ1v) is 12.5. The second-order valence-electron chi connectivity index (χ2n) is 8.74. The molecule has 3 amide bonds. The lowest BCUT2D eigenvalue weighted by Crippen LogP contribution is -2.44. The van der Waals surface area contributed by atoms with Crippen LogP contribution < -0.4 is 14.8 Å². The van der Waals surface area contributed by atoms with Crippen molar-refractivity contribution in [2.24, 2.45) is 5.92 Å². The third-order valence-electron chi connectivity index (χ3n) is 6.48. The van der Waals surface area contributed by atoms with E-state index in [-0.39, 0.29) is 34.5 Å². The molecule has 1 N–H and O–H groups in total. The minimum absolute atomic E-state index is 0.0281. The van der Waals surface area contributed by atoms with Crippen LogP contribution in [0.15, 0.2) is 18.2 Å². The molecule has 0 bridgehead atoms. The number of nitrogens with zero attached hydrogens (tertiary/aromatic N) is 4. The lowest BCUT2D eigenvalue weighted by molar-refractivity contribution is -0.136. The molecule has 0 radical (unpaired) electrons. The summed E-state index contributed by atoms with van der Waals surface area (Å²) in [6.45, 7) is 2.85. The van der Waals surface area contributed by atoms with Crippen LogP contribution in [0.2, 0.25) is 0 Å². The van der Waals surface area contributed by atoms with Gasteiger partial charge in [0.25, 0.3) is 11.8 Å². The number of carbonyl (C=O) groups excluding carboxylic acids is 3. The Balaban J connectivity index is 1.15. The van der Waals surface area contributed by atoms with Crippen molar-refractivity contribution in [3.05, 3.63) is 28.2 Å². The fourth-order valence-corrected chi connectivity index (χ4v) is 5.28. The molecular formula is C23H27N5O5S. The molecule has 2 aromatic rings. The zero-order valence-electron chi connectivity index (χ0n) is 18.8. The van der Waals surface area contributed by atoms with Gasteiger partial charge in [0, 0.05) is 43.9 Å². The van der Waals surface area contributed by atoms with Crippen LogP contribution >= 0.6 is 11.3 Å². The summed E-state index contributed by atoms with van der Waals surface area (Å²) in [7, 11) is 0. The quantitative estimate of drug-likeness (QED) is 0.708. The van der Waals surface area contributed by atoms with E-state index in [4.69, 9.17) is 9.47 Å². The summed E-state index contributed by atoms with van der Waals surface area (Å²) in [5.41, 5.74) is 0.536. The van der Waals surface area contributed by atoms with Crippen molar-refractivity contribution < 1.29 is 23.9 Å². The van der Waals surface area contributed by atoms with Crippen LogP contribution in [0.25, 0.3) is 0 Å². The van der Waals surface area contributed by atoms with Gasteiger partial charge in [0.05, 0.1) is 0 Å². The van der Waals surface area contributed by atoms with Gasteiger partial charge in [-0.15, -0.1) is 10.2 Å². The molecule has 0 atom stereocenters. The SMILES string of the molecule is O=C(Nc1ccc2c(c1)OCO2)c1nnc(C(=O)N2CCC(C(=O)N3CCCCCC3)CC2)s1. The number of likely N-dealkylation sites (tertiary alicyclic amines) is 2. The van der Waals surface area contributed by atoms with Crippen LogP contribution in [0.1, 0.15) is 58.1 Å². The average Bonchev–Trinajstić information content (AvgIpc) is 3.46. The minimum atomic E-state index is -0.447. The second kappa shape index (κ2) is 9.96. The van der Waals surface area contributed by atoms with Crippen LogP contribution in [-0.2, 0) is 4.79 Å². The molecule has 3 aliphatic heterocycles. The Morgan fingerprint density at radius 1 is 0.882 bits per heavy atom. The number of anilines is 1. The maximum absolute atomic E-state index is 12.9. The van der Waals surface area contributed by atoms with Crippen LogP contribution in [0, 0.1) is 5.92 Å². The highest BCUT2D eigenvalue weighted by molar-refractivity contribution is 7.15. The number of hydrogen-bond donors (Lipinski definition) is 1. The molecule has 2 fully saturated rings. The first-order chi connectivity index (χ1) is 16.6. The molecule has 180 valence electrons. The monoisotopic (exact) mass is 485 g/mol. The molecule has 34 heavy (non-hydrogen) atoms. The highest BCUT2D eigenvalue weighted by Gasteiger charge is 2.32. The maximum Gasteiger partial charge on any atom is 0.286 e. The van der Waals surface area contributed by atoms with Crippen LogP contribution in [0.5, 0.6) is 11.5 Å². The van der Waals surface area contributed by atoms with Gasteiger partial charge < -0.3 is 24.6 Å². The van der Waals surface area contributed by atoms with Crippen LogP contribution in [0.4, 0.5) is 5.69 Å². The molecule has 0 spiro atoms. The molecule has 0 saturated carbocycles. The Bertz CT molecular complexity index is 1070. The first-order valence-electron chi connectivity index (χ1n) is 11.7. The summed E-state index contributed by atoms with van der Waals surface area (Å²) in [5, 5.41) is 10.9. The van der Waals surface area contributed by atoms with Crippen molar-refractivity contribution in [2.45, 2.75) is 38.5 Å². The normalized spacial score (nSPS) is 18.5. The Morgan fingerprint density at radius 2 is 1.59 bits per heavy atom. The Labute approximate surface area is 201 Å². The summed E-state index contributed by atoms with van der Waals surface area (Å²) in [6.07, 6.45) is 5.83. The fraction of sp³-hybridized carbons (Fsp3) is 0.522. The van der Waals surface area contributed by atoms with E-state index in [1.807, 2.05) is 4.90 Å². The fourth-order valence-electron chi connectivity index (χ4n) is 4.57. The topological polar surface area (TPSA) is 114 Å². The third-order valence-corrected chi connectivity index (χ3v) is 7.39. The summed E-state index contributed by atoms with van der Waals surface area (Å²) < 4.78 is 10.6. The summed E-state index contributed by atoms with van der Waals surface area (Å²) >= 11 is 0.963. The number of aromatic nitrogens is 2. The second-order valence-corrected chi connectivity index (χ2v) is 9.72. The van der Waals surface area contributed by atoms with Gasteiger partial charge in [-0.1, -0.05) is 24.2 Å². The number of amides is 3. The molecular weight excluding hydrogens is 458 g/mol. The van der Waals surface area contributed by atoms with Crippen molar-refractivity contribution in [1.82, 2.24) is 20.0 Å². The number of ether oxygens (including phenoxy) is 2. The molecule has 2 saturated heterocycles. The lowest BCUT2D eigenvalue weighted by atomic mass is 9.95. The number of fused-ring (bicyclic) bond motifs is 1. The van der Waals surface area contributed by atoms with Gasteiger partial charge in [0.2, 0.25) is 22.7 Å². The van der Waals surface area contributed by atoms with E-state index in [9.17, 15) is 14.4 Å². The summed E-state index contributed by atoms with van der Waals surface area (Å²) in [4.78, 5) is 42.1. The lowest BCUT2D eigenvalue weighted by Gasteiger charge is -2.33. The Hall–Kier alpha value is -3.21. The van der Waals surface area contributed by atoms with Crippen molar-refractivity contribution >= 4 is 34.7 Å². The largest absolute Gasteiger partial charge is 0.454 e. The molecule has 3 aliphatic rings. The zero-order chi connectivity index (χ0) is 23.5. The van der Waals surface area contributed by atoms with Gasteiger partial charge in [-0.05, 0) is 37.8 Å². The standard InChI is InChI=1S/C23H27N5O5S/c29-19(24-16-5-6-17-18(13-16)33-14-32-17)20-25-26-21(34-20)23(31)28-11-7-15(8-12-28)22(30)27-9-3-1-2-4-10-27/h5-6,13,15H,1-4,7-12,14H2,(H,24,29). The molecule has 0 unspecified atom stereocenters. The van der Waals surface area contributed by atoms with Gasteiger partial charge in [0.1, 0.15) is 0 Å². The number of benzene rings is 1. The van der Waals surface area contributed by atoms with E-state index in [1.54, 1.807) is 23.1 Å². The van der Waals surface area contributed by atoms with E-state index < -0.39 is 5.91 Å². The smallest absolute Gasteiger partial charge is 0.286 e. The Morgan fingerprint density at radius 3 is 2.35 bits per heavy atom. The maximum atomic E-state index is 12.9. The summed E-state index contributed by atoms with van der Waals surface area (Å²) in [6, 6.07) is 5.09. The minimum Gasteiger partial charge on any atom is -0.454 e. The van der Waals surface area contributed by atoms with E-state index in [1.165, 1.54) is 12.8 Å². The van der Waals surface area contributed by atoms with Crippen LogP contribution in [0.3, 0.4) is 0 Å². The van der Waals surface area contributed by atoms with Crippen LogP contribution in [-0.4, -0.2) is 70.7 Å². The van der Waals surface area contributed by atoms with Crippen molar-refractivity contribution in [3.8, 4) is 11.5 Å². The van der Waals surface area contributed by atoms with Crippen molar-refractivity contribution in [2.75, 3.05) is 38.3 Å². The molecule has 0 aliphatic carbocycles. The highest BCUT2D eigenvalue weighted by atomic mass is 32.1. The van der Waals surface area contributed by atoms with Crippen molar-refractivity contribution in [3.63, 3.8) is 0 Å². The Kier molecular flexibility index (Phi) is 6.61. The van der Waals surface area contributed by atoms with Gasteiger partial charge in [-0.2, -0.15) is 0 Å². The summed E-state index contributed by atoms with van der Waals surface area (Å²) in [5.74, 6) is 0.687. The molecule has 11 heteroatoms.